The van der Waals surface area contributed by atoms with Crippen molar-refractivity contribution in [2.45, 2.75) is 103 Å². The zero-order valence-corrected chi connectivity index (χ0v) is 35.2. The normalized spacial score (nSPS) is 20.2. The fraction of sp³-hybridized carbons (Fsp3) is 0.732. The van der Waals surface area contributed by atoms with Gasteiger partial charge in [-0.05, 0) is 30.2 Å². The zero-order valence-electron chi connectivity index (χ0n) is 35.2. The van der Waals surface area contributed by atoms with Gasteiger partial charge in [0.2, 0.25) is 17.7 Å². The molecule has 2 fully saturated rings. The molecule has 0 aromatic heterocycles. The number of nitrogens with one attached hydrogen (secondary N) is 2. The molecule has 0 aliphatic carbocycles. The van der Waals surface area contributed by atoms with E-state index in [4.69, 9.17) is 19.2 Å². The first-order valence-corrected chi connectivity index (χ1v) is 19.9. The number of likely N-dealkylation sites (tertiary alicyclic amines) is 1. The monoisotopic (exact) mass is 772 g/mol. The Morgan fingerprint density at radius 3 is 2.16 bits per heavy atom. The molecule has 2 aliphatic heterocycles. The van der Waals surface area contributed by atoms with Gasteiger partial charge >= 0.3 is 5.97 Å². The van der Waals surface area contributed by atoms with Crippen molar-refractivity contribution in [3.63, 3.8) is 0 Å². The number of carbonyl (C=O) groups is 4. The molecule has 3 amide bonds. The number of benzene rings is 1. The molecule has 0 unspecified atom stereocenters. The Morgan fingerprint density at radius 2 is 1.62 bits per heavy atom. The van der Waals surface area contributed by atoms with Crippen LogP contribution in [0.15, 0.2) is 35.3 Å². The molecule has 14 nitrogen and oxygen atoms in total. The second kappa shape index (κ2) is 22.1. The molecule has 0 radical (unpaired) electrons. The van der Waals surface area contributed by atoms with E-state index in [2.05, 4.69) is 29.4 Å². The van der Waals surface area contributed by atoms with E-state index < -0.39 is 42.2 Å². The number of amides is 3. The van der Waals surface area contributed by atoms with Gasteiger partial charge in [-0.3, -0.25) is 14.4 Å². The summed E-state index contributed by atoms with van der Waals surface area (Å²) in [4.78, 5) is 67.9. The number of rotatable bonds is 18. The maximum absolute atomic E-state index is 14.4. The summed E-state index contributed by atoms with van der Waals surface area (Å²) in [5.41, 5.74) is 0.887. The molecule has 1 aromatic carbocycles. The molecular formula is C41H69N7O7. The lowest BCUT2D eigenvalue weighted by Crippen LogP contribution is -2.56. The van der Waals surface area contributed by atoms with E-state index in [0.29, 0.717) is 13.0 Å². The van der Waals surface area contributed by atoms with E-state index in [0.717, 1.165) is 50.5 Å². The van der Waals surface area contributed by atoms with Crippen LogP contribution in [0.4, 0.5) is 0 Å². The van der Waals surface area contributed by atoms with Gasteiger partial charge in [0.05, 0.1) is 43.7 Å². The predicted octanol–water partition coefficient (Wildman–Crippen LogP) is 2.65. The van der Waals surface area contributed by atoms with Gasteiger partial charge in [-0.1, -0.05) is 71.4 Å². The second-order valence-corrected chi connectivity index (χ2v) is 15.6. The number of methoxy groups -OCH3 is 3. The van der Waals surface area contributed by atoms with Crippen LogP contribution in [-0.2, 0) is 39.8 Å². The van der Waals surface area contributed by atoms with Crippen LogP contribution in [-0.4, -0.2) is 161 Å². The van der Waals surface area contributed by atoms with E-state index in [1.165, 1.54) is 7.11 Å². The van der Waals surface area contributed by atoms with E-state index in [-0.39, 0.29) is 48.4 Å². The molecule has 1 aromatic rings. The van der Waals surface area contributed by atoms with E-state index in [1.54, 1.807) is 38.0 Å². The number of guanidine groups is 1. The third kappa shape index (κ3) is 12.1. The summed E-state index contributed by atoms with van der Waals surface area (Å²) in [5.74, 6) is -1.07. The Bertz CT molecular complexity index is 1400. The average molecular weight is 772 g/mol. The number of esters is 1. The summed E-state index contributed by atoms with van der Waals surface area (Å²) in [6.07, 6.45) is 1.31. The first-order valence-electron chi connectivity index (χ1n) is 19.9. The fourth-order valence-corrected chi connectivity index (χ4v) is 7.96. The van der Waals surface area contributed by atoms with Gasteiger partial charge in [0.15, 0.2) is 5.96 Å². The molecule has 0 saturated carbocycles. The molecule has 0 spiro atoms. The quantitative estimate of drug-likeness (QED) is 0.130. The molecule has 8 atom stereocenters. The first-order chi connectivity index (χ1) is 26.2. The van der Waals surface area contributed by atoms with Crippen LogP contribution in [0.5, 0.6) is 0 Å². The number of hydrogen-bond acceptors (Lipinski definition) is 9. The Hall–Kier alpha value is -3.75. The van der Waals surface area contributed by atoms with E-state index >= 15 is 0 Å². The molecule has 3 rings (SSSR count). The third-order valence-electron chi connectivity index (χ3n) is 11.3. The van der Waals surface area contributed by atoms with Crippen LogP contribution in [0.1, 0.15) is 65.9 Å². The van der Waals surface area contributed by atoms with Gasteiger partial charge in [-0.15, -0.1) is 0 Å². The van der Waals surface area contributed by atoms with Crippen molar-refractivity contribution >= 4 is 29.7 Å². The minimum Gasteiger partial charge on any atom is -0.467 e. The Balaban J connectivity index is 1.81. The summed E-state index contributed by atoms with van der Waals surface area (Å²) in [6.45, 7) is 13.8. The van der Waals surface area contributed by atoms with Crippen molar-refractivity contribution in [3.05, 3.63) is 35.9 Å². The van der Waals surface area contributed by atoms with Gasteiger partial charge < -0.3 is 44.4 Å². The van der Waals surface area contributed by atoms with Crippen molar-refractivity contribution in [3.8, 4) is 0 Å². The van der Waals surface area contributed by atoms with Crippen molar-refractivity contribution in [1.82, 2.24) is 30.2 Å². The molecule has 0 bridgehead atoms. The summed E-state index contributed by atoms with van der Waals surface area (Å²) in [5, 5.41) is 6.26. The molecule has 2 saturated heterocycles. The van der Waals surface area contributed by atoms with Crippen molar-refractivity contribution < 1.29 is 33.4 Å². The topological polar surface area (TPSA) is 145 Å². The number of hydrogen-bond donors (Lipinski definition) is 2. The molecule has 2 N–H and O–H groups in total. The number of ether oxygens (including phenoxy) is 3. The van der Waals surface area contributed by atoms with Crippen LogP contribution >= 0.6 is 0 Å². The third-order valence-corrected chi connectivity index (χ3v) is 11.3. The smallest absolute Gasteiger partial charge is 0.328 e. The van der Waals surface area contributed by atoms with Crippen LogP contribution in [0.25, 0.3) is 0 Å². The molecule has 2 aliphatic rings. The largest absolute Gasteiger partial charge is 0.467 e. The van der Waals surface area contributed by atoms with Crippen LogP contribution in [0.3, 0.4) is 0 Å². The predicted molar refractivity (Wildman–Crippen MR) is 214 cm³/mol. The number of carbonyl (C=O) groups excluding carboxylic acids is 4. The number of likely N-dealkylation sites (N-methyl/N-ethyl adjacent to an activating group) is 1. The van der Waals surface area contributed by atoms with Crippen LogP contribution in [0, 0.1) is 17.8 Å². The molecule has 14 heteroatoms. The van der Waals surface area contributed by atoms with Crippen LogP contribution < -0.4 is 10.6 Å². The van der Waals surface area contributed by atoms with Crippen LogP contribution in [0.2, 0.25) is 0 Å². The Morgan fingerprint density at radius 1 is 0.964 bits per heavy atom. The van der Waals surface area contributed by atoms with Gasteiger partial charge in [0.25, 0.3) is 0 Å². The SMILES string of the molecule is CC[C@H](C)[C@@H]([C@@H](CC(=O)N1CCC[C@H]1[C@H](OC)[C@@H](C)C(=O)N[C@@H](Cc1ccccc1)C(=O)OC)OC)N(C)C(=O)[C@@H](N=C(N(C)C)N1CCNCC1)C(C)C. The van der Waals surface area contributed by atoms with Crippen molar-refractivity contribution in [1.29, 1.82) is 0 Å². The minimum atomic E-state index is -0.877. The lowest BCUT2D eigenvalue weighted by Gasteiger charge is -2.40. The first kappa shape index (κ1) is 45.6. The van der Waals surface area contributed by atoms with E-state index in [1.807, 2.05) is 63.2 Å². The number of piperazine rings is 1. The highest BCUT2D eigenvalue weighted by Crippen LogP contribution is 2.30. The number of nitrogens with zero attached hydrogens (tertiary/aromatic N) is 5. The fourth-order valence-electron chi connectivity index (χ4n) is 7.96. The minimum absolute atomic E-state index is 0.0217. The Labute approximate surface area is 329 Å². The lowest BCUT2D eigenvalue weighted by molar-refractivity contribution is -0.148. The Kier molecular flexibility index (Phi) is 18.3. The molecule has 55 heavy (non-hydrogen) atoms. The van der Waals surface area contributed by atoms with Gasteiger partial charge in [-0.2, -0.15) is 0 Å². The summed E-state index contributed by atoms with van der Waals surface area (Å²) in [7, 11) is 10.2. The highest BCUT2D eigenvalue weighted by atomic mass is 16.5. The van der Waals surface area contributed by atoms with Gasteiger partial charge in [-0.25, -0.2) is 9.79 Å². The maximum Gasteiger partial charge on any atom is 0.328 e. The summed E-state index contributed by atoms with van der Waals surface area (Å²) >= 11 is 0. The van der Waals surface area contributed by atoms with E-state index in [9.17, 15) is 19.2 Å². The van der Waals surface area contributed by atoms with Crippen molar-refractivity contribution in [2.75, 3.05) is 75.2 Å². The summed E-state index contributed by atoms with van der Waals surface area (Å²) < 4.78 is 17.0. The van der Waals surface area contributed by atoms with Gasteiger partial charge in [0, 0.05) is 74.5 Å². The lowest BCUT2D eigenvalue weighted by atomic mass is 9.89. The highest BCUT2D eigenvalue weighted by molar-refractivity contribution is 5.88. The average Bonchev–Trinajstić information content (AvgIpc) is 3.67. The van der Waals surface area contributed by atoms with Gasteiger partial charge in [0.1, 0.15) is 12.1 Å². The highest BCUT2D eigenvalue weighted by Gasteiger charge is 2.43. The second-order valence-electron chi connectivity index (χ2n) is 15.6. The standard InChI is InChI=1S/C41H69N7O7/c1-12-28(4)36(46(8)39(51)35(27(2)3)44-41(45(6)7)47-23-20-42-21-24-47)33(53-9)26-34(49)48-22-16-19-32(48)37(54-10)29(5)38(50)43-31(40(52)55-11)25-30-17-14-13-15-18-30/h13-15,17-18,27-29,31-33,35-37,42H,12,16,19-26H2,1-11H3,(H,43,50)/t28-,29+,31-,32-,33+,35-,36-,37+/m0/s1. The molecule has 310 valence electrons. The molecule has 2 heterocycles. The van der Waals surface area contributed by atoms with Crippen molar-refractivity contribution in [2.24, 2.45) is 22.7 Å². The zero-order chi connectivity index (χ0) is 40.8. The summed E-state index contributed by atoms with van der Waals surface area (Å²) in [6, 6.07) is 7.17. The number of aliphatic imine (C=N–C) groups is 1. The molecular weight excluding hydrogens is 702 g/mol. The maximum atomic E-state index is 14.4.